The Morgan fingerprint density at radius 1 is 1.58 bits per heavy atom. The van der Waals surface area contributed by atoms with E-state index < -0.39 is 5.84 Å². The van der Waals surface area contributed by atoms with Gasteiger partial charge in [-0.3, -0.25) is 15.6 Å². The minimum absolute atomic E-state index is 0.224. The molecule has 5 N–H and O–H groups in total. The van der Waals surface area contributed by atoms with Gasteiger partial charge in [-0.25, -0.2) is 0 Å². The van der Waals surface area contributed by atoms with Crippen LogP contribution in [-0.2, 0) is 4.79 Å². The Morgan fingerprint density at radius 3 is 2.79 bits per heavy atom. The first-order valence-corrected chi connectivity index (χ1v) is 5.47. The average Bonchev–Trinajstić information content (AvgIpc) is 2.32. The third-order valence-corrected chi connectivity index (χ3v) is 2.27. The van der Waals surface area contributed by atoms with Gasteiger partial charge in [0.15, 0.2) is 5.84 Å². The van der Waals surface area contributed by atoms with Crippen molar-refractivity contribution in [2.75, 3.05) is 10.7 Å². The summed E-state index contributed by atoms with van der Waals surface area (Å²) in [5.74, 6) is -0.678. The Morgan fingerprint density at radius 2 is 2.26 bits per heavy atom. The molecule has 0 aliphatic rings. The number of nitriles is 1. The third-order valence-electron chi connectivity index (χ3n) is 1.94. The van der Waals surface area contributed by atoms with Gasteiger partial charge >= 0.3 is 0 Å². The van der Waals surface area contributed by atoms with Crippen molar-refractivity contribution in [3.05, 3.63) is 23.2 Å². The molecule has 1 aromatic rings. The van der Waals surface area contributed by atoms with E-state index in [1.54, 1.807) is 24.3 Å². The predicted molar refractivity (Wildman–Crippen MR) is 74.3 cm³/mol. The zero-order valence-corrected chi connectivity index (χ0v) is 10.7. The number of nitrogens with zero attached hydrogens (tertiary/aromatic N) is 2. The Balaban J connectivity index is 2.98. The van der Waals surface area contributed by atoms with Gasteiger partial charge in [0.25, 0.3) is 0 Å². The molecule has 1 amide bonds. The number of anilines is 2. The number of carbonyl (C=O) groups is 1. The molecule has 0 unspecified atom stereocenters. The molecule has 0 fully saturated rings. The van der Waals surface area contributed by atoms with E-state index in [9.17, 15) is 4.79 Å². The van der Waals surface area contributed by atoms with Gasteiger partial charge in [0, 0.05) is 12.6 Å². The van der Waals surface area contributed by atoms with E-state index in [4.69, 9.17) is 28.0 Å². The van der Waals surface area contributed by atoms with E-state index in [1.165, 1.54) is 6.92 Å². The molecule has 98 valence electrons. The first-order valence-electron chi connectivity index (χ1n) is 5.09. The van der Waals surface area contributed by atoms with E-state index >= 15 is 0 Å². The highest BCUT2D eigenvalue weighted by atomic mass is 35.5. The zero-order valence-electron chi connectivity index (χ0n) is 9.99. The van der Waals surface area contributed by atoms with Crippen LogP contribution in [0.3, 0.4) is 0 Å². The van der Waals surface area contributed by atoms with E-state index in [2.05, 4.69) is 15.8 Å². The summed E-state index contributed by atoms with van der Waals surface area (Å²) in [5.41, 5.74) is 8.30. The van der Waals surface area contributed by atoms with Crippen LogP contribution < -0.4 is 16.5 Å². The minimum atomic E-state index is -0.455. The van der Waals surface area contributed by atoms with Crippen molar-refractivity contribution < 1.29 is 4.79 Å². The molecule has 19 heavy (non-hydrogen) atoms. The largest absolute Gasteiger partial charge is 0.382 e. The van der Waals surface area contributed by atoms with E-state index in [1.807, 2.05) is 0 Å². The normalized spacial score (nSPS) is 10.5. The summed E-state index contributed by atoms with van der Waals surface area (Å²) in [6.07, 6.45) is 0. The molecule has 7 nitrogen and oxygen atoms in total. The highest BCUT2D eigenvalue weighted by Gasteiger charge is 2.05. The first kappa shape index (κ1) is 14.5. The fourth-order valence-electron chi connectivity index (χ4n) is 1.15. The second-order valence-electron chi connectivity index (χ2n) is 3.47. The van der Waals surface area contributed by atoms with Crippen LogP contribution in [0.1, 0.15) is 6.92 Å². The molecule has 0 bridgehead atoms. The number of nitrogens with two attached hydrogens (primary N) is 1. The molecule has 0 radical (unpaired) electrons. The van der Waals surface area contributed by atoms with Crippen LogP contribution in [0.15, 0.2) is 23.3 Å². The van der Waals surface area contributed by atoms with Crippen LogP contribution in [-0.4, -0.2) is 17.5 Å². The molecule has 0 spiro atoms. The Labute approximate surface area is 114 Å². The van der Waals surface area contributed by atoms with Crippen LogP contribution in [0, 0.1) is 16.7 Å². The van der Waals surface area contributed by atoms with Crippen LogP contribution in [0.5, 0.6) is 0 Å². The Kier molecular flexibility index (Phi) is 4.85. The van der Waals surface area contributed by atoms with Gasteiger partial charge in [-0.2, -0.15) is 10.4 Å². The smallest absolute Gasteiger partial charge is 0.221 e. The number of carbonyl (C=O) groups excluding carboxylic acids is 1. The predicted octanol–water partition coefficient (Wildman–Crippen LogP) is 1.53. The summed E-state index contributed by atoms with van der Waals surface area (Å²) in [6, 6.07) is 6.39. The van der Waals surface area contributed by atoms with E-state index in [0.29, 0.717) is 16.4 Å². The number of hydrogen-bond acceptors (Lipinski definition) is 5. The molecule has 0 aliphatic carbocycles. The summed E-state index contributed by atoms with van der Waals surface area (Å²) in [5, 5.41) is 22.4. The van der Waals surface area contributed by atoms with Gasteiger partial charge < -0.3 is 11.1 Å². The second kappa shape index (κ2) is 6.37. The SMILES string of the molecule is CC(=O)Nc1ccc(Cl)c(N/N=C(\C#N)C(=N)N)c1. The van der Waals surface area contributed by atoms with Crippen molar-refractivity contribution in [3.8, 4) is 6.07 Å². The molecule has 0 aliphatic heterocycles. The topological polar surface area (TPSA) is 127 Å². The molecule has 1 aromatic carbocycles. The standard InChI is InChI=1S/C11H11ClN6O/c1-6(19)16-7-2-3-8(12)9(4-7)17-18-10(5-13)11(14)15/h2-4,17H,1H3,(H3,14,15)(H,16,19)/b18-10+. The van der Waals surface area contributed by atoms with Crippen LogP contribution in [0.2, 0.25) is 5.02 Å². The summed E-state index contributed by atoms with van der Waals surface area (Å²) in [7, 11) is 0. The second-order valence-corrected chi connectivity index (χ2v) is 3.88. The summed E-state index contributed by atoms with van der Waals surface area (Å²) < 4.78 is 0. The lowest BCUT2D eigenvalue weighted by molar-refractivity contribution is -0.114. The van der Waals surface area contributed by atoms with E-state index in [-0.39, 0.29) is 11.6 Å². The van der Waals surface area contributed by atoms with Gasteiger partial charge in [-0.15, -0.1) is 0 Å². The maximum atomic E-state index is 10.9. The summed E-state index contributed by atoms with van der Waals surface area (Å²) in [6.45, 7) is 1.38. The van der Waals surface area contributed by atoms with Crippen molar-refractivity contribution in [2.24, 2.45) is 10.8 Å². The Bertz CT molecular complexity index is 589. The lowest BCUT2D eigenvalue weighted by atomic mass is 10.3. The van der Waals surface area contributed by atoms with Gasteiger partial charge in [-0.1, -0.05) is 11.6 Å². The van der Waals surface area contributed by atoms with Crippen molar-refractivity contribution >= 4 is 40.4 Å². The molecule has 0 atom stereocenters. The number of amidine groups is 1. The maximum absolute atomic E-state index is 10.9. The number of hydrazone groups is 1. The summed E-state index contributed by atoms with van der Waals surface area (Å²) in [4.78, 5) is 10.9. The molecule has 8 heteroatoms. The molecular formula is C11H11ClN6O. The van der Waals surface area contributed by atoms with Crippen LogP contribution >= 0.6 is 11.6 Å². The van der Waals surface area contributed by atoms with E-state index in [0.717, 1.165) is 0 Å². The van der Waals surface area contributed by atoms with Gasteiger partial charge in [-0.05, 0) is 18.2 Å². The molecule has 0 aromatic heterocycles. The molecule has 0 heterocycles. The highest BCUT2D eigenvalue weighted by molar-refractivity contribution is 6.46. The van der Waals surface area contributed by atoms with Gasteiger partial charge in [0.05, 0.1) is 10.7 Å². The molecular weight excluding hydrogens is 268 g/mol. The average molecular weight is 279 g/mol. The van der Waals surface area contributed by atoms with Crippen molar-refractivity contribution in [2.45, 2.75) is 6.92 Å². The number of hydrogen-bond donors (Lipinski definition) is 4. The van der Waals surface area contributed by atoms with Crippen molar-refractivity contribution in [3.63, 3.8) is 0 Å². The monoisotopic (exact) mass is 278 g/mol. The summed E-state index contributed by atoms with van der Waals surface area (Å²) >= 11 is 5.93. The van der Waals surface area contributed by atoms with Crippen molar-refractivity contribution in [1.82, 2.24) is 0 Å². The molecule has 0 saturated carbocycles. The maximum Gasteiger partial charge on any atom is 0.221 e. The minimum Gasteiger partial charge on any atom is -0.382 e. The fraction of sp³-hybridized carbons (Fsp3) is 0.0909. The molecule has 0 saturated heterocycles. The van der Waals surface area contributed by atoms with Gasteiger partial charge in [0.1, 0.15) is 6.07 Å². The first-order chi connectivity index (χ1) is 8.93. The van der Waals surface area contributed by atoms with Crippen LogP contribution in [0.4, 0.5) is 11.4 Å². The number of rotatable bonds is 4. The lowest BCUT2D eigenvalue weighted by Crippen LogP contribution is -2.21. The number of halogens is 1. The quantitative estimate of drug-likeness (QED) is 0.378. The number of amides is 1. The Hall–Kier alpha value is -2.59. The fourth-order valence-corrected chi connectivity index (χ4v) is 1.31. The van der Waals surface area contributed by atoms with Crippen LogP contribution in [0.25, 0.3) is 0 Å². The highest BCUT2D eigenvalue weighted by Crippen LogP contribution is 2.25. The third kappa shape index (κ3) is 4.29. The number of benzene rings is 1. The lowest BCUT2D eigenvalue weighted by Gasteiger charge is -2.07. The van der Waals surface area contributed by atoms with Crippen molar-refractivity contribution in [1.29, 1.82) is 10.7 Å². The number of nitrogens with one attached hydrogen (secondary N) is 3. The zero-order chi connectivity index (χ0) is 14.4. The van der Waals surface area contributed by atoms with Gasteiger partial charge in [0.2, 0.25) is 11.6 Å². The molecule has 1 rings (SSSR count).